The minimum atomic E-state index is -0.718. The van der Waals surface area contributed by atoms with Crippen LogP contribution in [0.3, 0.4) is 0 Å². The molecule has 4 aromatic carbocycles. The fourth-order valence-corrected chi connectivity index (χ4v) is 4.97. The van der Waals surface area contributed by atoms with E-state index in [0.29, 0.717) is 37.2 Å². The second-order valence-corrected chi connectivity index (χ2v) is 10.3. The molecule has 2 N–H and O–H groups in total. The Balaban J connectivity index is 1.44. The zero-order valence-corrected chi connectivity index (χ0v) is 23.9. The van der Waals surface area contributed by atoms with Crippen molar-refractivity contribution in [3.63, 3.8) is 0 Å². The Morgan fingerprint density at radius 1 is 0.707 bits per heavy atom. The summed E-state index contributed by atoms with van der Waals surface area (Å²) in [4.78, 5) is 41.7. The van der Waals surface area contributed by atoms with Crippen molar-refractivity contribution in [1.29, 1.82) is 0 Å². The number of rotatable bonds is 14. The molecular weight excluding hydrogens is 510 g/mol. The first kappa shape index (κ1) is 29.7. The topological polar surface area (TPSA) is 78.5 Å². The van der Waals surface area contributed by atoms with Gasteiger partial charge in [0.25, 0.3) is 11.8 Å². The van der Waals surface area contributed by atoms with E-state index < -0.39 is 6.04 Å². The first-order chi connectivity index (χ1) is 20.0. The molecule has 0 fully saturated rings. The molecule has 0 saturated heterocycles. The van der Waals surface area contributed by atoms with Crippen molar-refractivity contribution in [2.75, 3.05) is 19.6 Å². The summed E-state index contributed by atoms with van der Waals surface area (Å²) in [5.41, 5.74) is 2.88. The molecule has 4 rings (SSSR count). The first-order valence-electron chi connectivity index (χ1n) is 14.4. The zero-order chi connectivity index (χ0) is 29.0. The summed E-state index contributed by atoms with van der Waals surface area (Å²) < 4.78 is 0. The van der Waals surface area contributed by atoms with Crippen LogP contribution in [0.25, 0.3) is 10.8 Å². The van der Waals surface area contributed by atoms with Crippen LogP contribution in [0.2, 0.25) is 0 Å². The Morgan fingerprint density at radius 2 is 1.39 bits per heavy atom. The number of amides is 2. The van der Waals surface area contributed by atoms with E-state index in [-0.39, 0.29) is 24.1 Å². The third-order valence-electron chi connectivity index (χ3n) is 7.06. The normalized spacial score (nSPS) is 11.7. The highest BCUT2D eigenvalue weighted by atomic mass is 16.2. The molecule has 0 aliphatic heterocycles. The van der Waals surface area contributed by atoms with Gasteiger partial charge in [0.05, 0.1) is 12.6 Å². The van der Waals surface area contributed by atoms with E-state index in [1.807, 2.05) is 61.2 Å². The van der Waals surface area contributed by atoms with Gasteiger partial charge < -0.3 is 15.5 Å². The largest absolute Gasteiger partial charge is 0.342 e. The van der Waals surface area contributed by atoms with Gasteiger partial charge in [0, 0.05) is 30.8 Å². The Bertz CT molecular complexity index is 1460. The van der Waals surface area contributed by atoms with Gasteiger partial charge in [-0.25, -0.2) is 0 Å². The molecule has 0 aromatic heterocycles. The number of hydrogen-bond acceptors (Lipinski definition) is 4. The molecule has 212 valence electrons. The number of Topliss-reactive ketones (excluding diaryl/α,β-unsaturated/α-hetero) is 1. The standard InChI is InChI=1S/C35H39N3O3/c1-3-19-38(20-4-2)35(41)31-16-10-15-30(23-31)34(40)37-32(22-26-11-6-5-7-12-26)33(39)25-36-24-27-17-18-28-13-8-9-14-29(28)21-27/h5-18,21,23,32,36H,3-4,19-20,22,24-25H2,1-2H3,(H,37,40)/t32-/m0/s1. The van der Waals surface area contributed by atoms with Crippen LogP contribution in [-0.2, 0) is 17.8 Å². The second-order valence-electron chi connectivity index (χ2n) is 10.3. The predicted octanol–water partition coefficient (Wildman–Crippen LogP) is 5.80. The van der Waals surface area contributed by atoms with Crippen molar-refractivity contribution in [2.24, 2.45) is 0 Å². The molecule has 0 radical (unpaired) electrons. The first-order valence-corrected chi connectivity index (χ1v) is 14.4. The highest BCUT2D eigenvalue weighted by Crippen LogP contribution is 2.16. The van der Waals surface area contributed by atoms with E-state index in [1.165, 1.54) is 5.39 Å². The van der Waals surface area contributed by atoms with Crippen molar-refractivity contribution in [1.82, 2.24) is 15.5 Å². The predicted molar refractivity (Wildman–Crippen MR) is 165 cm³/mol. The summed E-state index contributed by atoms with van der Waals surface area (Å²) in [6, 6.07) is 30.1. The highest BCUT2D eigenvalue weighted by Gasteiger charge is 2.23. The number of ketones is 1. The Hall–Kier alpha value is -4.29. The van der Waals surface area contributed by atoms with Gasteiger partial charge in [-0.1, -0.05) is 86.6 Å². The molecule has 4 aromatic rings. The lowest BCUT2D eigenvalue weighted by atomic mass is 10.0. The molecule has 2 amide bonds. The molecule has 0 aliphatic rings. The minimum absolute atomic E-state index is 0.0850. The number of nitrogens with one attached hydrogen (secondary N) is 2. The van der Waals surface area contributed by atoms with Crippen molar-refractivity contribution >= 4 is 28.4 Å². The molecule has 0 heterocycles. The fourth-order valence-electron chi connectivity index (χ4n) is 4.97. The monoisotopic (exact) mass is 549 g/mol. The third kappa shape index (κ3) is 8.35. The number of hydrogen-bond donors (Lipinski definition) is 2. The molecule has 0 saturated carbocycles. The van der Waals surface area contributed by atoms with Crippen LogP contribution in [-0.4, -0.2) is 48.2 Å². The molecule has 0 spiro atoms. The van der Waals surface area contributed by atoms with E-state index in [0.717, 1.165) is 29.4 Å². The summed E-state index contributed by atoms with van der Waals surface area (Å²) in [6.45, 7) is 6.08. The van der Waals surface area contributed by atoms with Crippen LogP contribution in [0, 0.1) is 0 Å². The van der Waals surface area contributed by atoms with Gasteiger partial charge in [0.1, 0.15) is 0 Å². The van der Waals surface area contributed by atoms with E-state index >= 15 is 0 Å². The SMILES string of the molecule is CCCN(CCC)C(=O)c1cccc(C(=O)N[C@@H](Cc2ccccc2)C(=O)CNCc2ccc3ccccc3c2)c1. The summed E-state index contributed by atoms with van der Waals surface area (Å²) in [6.07, 6.45) is 2.11. The summed E-state index contributed by atoms with van der Waals surface area (Å²) >= 11 is 0. The quantitative estimate of drug-likeness (QED) is 0.208. The smallest absolute Gasteiger partial charge is 0.253 e. The molecule has 1 atom stereocenters. The van der Waals surface area contributed by atoms with Crippen molar-refractivity contribution < 1.29 is 14.4 Å². The van der Waals surface area contributed by atoms with Crippen molar-refractivity contribution in [3.05, 3.63) is 119 Å². The van der Waals surface area contributed by atoms with Crippen LogP contribution in [0.1, 0.15) is 58.5 Å². The van der Waals surface area contributed by atoms with Gasteiger partial charge in [-0.15, -0.1) is 0 Å². The van der Waals surface area contributed by atoms with Crippen molar-refractivity contribution in [3.8, 4) is 0 Å². The molecular formula is C35H39N3O3. The van der Waals surface area contributed by atoms with E-state index in [2.05, 4.69) is 41.0 Å². The summed E-state index contributed by atoms with van der Waals surface area (Å²) in [5, 5.41) is 8.53. The number of nitrogens with zero attached hydrogens (tertiary/aromatic N) is 1. The average Bonchev–Trinajstić information content (AvgIpc) is 3.00. The van der Waals surface area contributed by atoms with Crippen LogP contribution >= 0.6 is 0 Å². The highest BCUT2D eigenvalue weighted by molar-refractivity contribution is 6.01. The summed E-state index contributed by atoms with van der Waals surface area (Å²) in [7, 11) is 0. The van der Waals surface area contributed by atoms with Gasteiger partial charge in [0.2, 0.25) is 0 Å². The maximum absolute atomic E-state index is 13.4. The number of carbonyl (C=O) groups is 3. The minimum Gasteiger partial charge on any atom is -0.342 e. The van der Waals surface area contributed by atoms with Crippen LogP contribution in [0.5, 0.6) is 0 Å². The van der Waals surface area contributed by atoms with Gasteiger partial charge in [-0.05, 0) is 65.4 Å². The Kier molecular flexibility index (Phi) is 10.8. The van der Waals surface area contributed by atoms with E-state index in [9.17, 15) is 14.4 Å². The van der Waals surface area contributed by atoms with Crippen LogP contribution in [0.15, 0.2) is 97.1 Å². The lowest BCUT2D eigenvalue weighted by molar-refractivity contribution is -0.120. The number of carbonyl (C=O) groups excluding carboxylic acids is 3. The molecule has 41 heavy (non-hydrogen) atoms. The lowest BCUT2D eigenvalue weighted by Gasteiger charge is -2.22. The molecule has 0 bridgehead atoms. The lowest BCUT2D eigenvalue weighted by Crippen LogP contribution is -2.45. The number of fused-ring (bicyclic) bond motifs is 1. The molecule has 0 unspecified atom stereocenters. The Labute approximate surface area is 242 Å². The number of benzene rings is 4. The fraction of sp³-hybridized carbons (Fsp3) is 0.286. The van der Waals surface area contributed by atoms with Gasteiger partial charge >= 0.3 is 0 Å². The summed E-state index contributed by atoms with van der Waals surface area (Å²) in [5.74, 6) is -0.563. The van der Waals surface area contributed by atoms with Crippen molar-refractivity contribution in [2.45, 2.75) is 45.7 Å². The second kappa shape index (κ2) is 14.9. The third-order valence-corrected chi connectivity index (χ3v) is 7.06. The van der Waals surface area contributed by atoms with Gasteiger partial charge in [0.15, 0.2) is 5.78 Å². The molecule has 0 aliphatic carbocycles. The van der Waals surface area contributed by atoms with Gasteiger partial charge in [-0.3, -0.25) is 14.4 Å². The van der Waals surface area contributed by atoms with Gasteiger partial charge in [-0.2, -0.15) is 0 Å². The average molecular weight is 550 g/mol. The molecule has 6 heteroatoms. The van der Waals surface area contributed by atoms with Crippen LogP contribution in [0.4, 0.5) is 0 Å². The van der Waals surface area contributed by atoms with E-state index in [4.69, 9.17) is 0 Å². The Morgan fingerprint density at radius 3 is 2.12 bits per heavy atom. The van der Waals surface area contributed by atoms with Crippen LogP contribution < -0.4 is 10.6 Å². The van der Waals surface area contributed by atoms with E-state index in [1.54, 1.807) is 24.3 Å². The maximum atomic E-state index is 13.4. The zero-order valence-electron chi connectivity index (χ0n) is 23.9. The molecule has 6 nitrogen and oxygen atoms in total. The maximum Gasteiger partial charge on any atom is 0.253 e.